The molecule has 0 spiro atoms. The van der Waals surface area contributed by atoms with Crippen molar-refractivity contribution in [1.82, 2.24) is 0 Å². The number of benzene rings is 1. The van der Waals surface area contributed by atoms with Gasteiger partial charge < -0.3 is 5.11 Å². The van der Waals surface area contributed by atoms with Crippen LogP contribution in [-0.4, -0.2) is 11.1 Å². The summed E-state index contributed by atoms with van der Waals surface area (Å²) in [7, 11) is 0. The second-order valence-electron chi connectivity index (χ2n) is 4.06. The van der Waals surface area contributed by atoms with Crippen molar-refractivity contribution in [3.8, 4) is 0 Å². The Balaban J connectivity index is 0.000000203. The molecule has 0 amide bonds. The minimum Gasteiger partial charge on any atom is -0.481 e. The van der Waals surface area contributed by atoms with E-state index in [1.807, 2.05) is 0 Å². The summed E-state index contributed by atoms with van der Waals surface area (Å²) in [6.45, 7) is 8.10. The summed E-state index contributed by atoms with van der Waals surface area (Å²) in [5.41, 5.74) is 0. The highest BCUT2D eigenvalue weighted by Crippen LogP contribution is 2.04. The van der Waals surface area contributed by atoms with E-state index in [1.165, 1.54) is 10.4 Å². The highest BCUT2D eigenvalue weighted by atomic mass is 16.4. The maximum Gasteiger partial charge on any atom is 0.303 e. The Morgan fingerprint density at radius 1 is 1.13 bits per heavy atom. The number of hydrogen-bond acceptors (Lipinski definition) is 1. The van der Waals surface area contributed by atoms with Crippen LogP contribution in [0.15, 0.2) is 24.3 Å². The first kappa shape index (κ1) is 13.7. The summed E-state index contributed by atoms with van der Waals surface area (Å²) >= 11 is 0. The smallest absolute Gasteiger partial charge is 0.303 e. The molecular formula is C13H20O2. The quantitative estimate of drug-likeness (QED) is 0.779. The van der Waals surface area contributed by atoms with Gasteiger partial charge in [-0.1, -0.05) is 52.0 Å². The molecule has 0 aromatic rings. The van der Waals surface area contributed by atoms with Gasteiger partial charge in [-0.05, 0) is 16.4 Å². The predicted molar refractivity (Wildman–Crippen MR) is 62.6 cm³/mol. The van der Waals surface area contributed by atoms with Crippen LogP contribution in [0.3, 0.4) is 0 Å². The van der Waals surface area contributed by atoms with E-state index in [4.69, 9.17) is 5.11 Å². The highest BCUT2D eigenvalue weighted by Gasteiger charge is 1.88. The number of hydrogen-bond donors (Lipinski definition) is 1. The van der Waals surface area contributed by atoms with Crippen molar-refractivity contribution >= 4 is 5.97 Å². The van der Waals surface area contributed by atoms with E-state index in [-0.39, 0.29) is 6.42 Å². The standard InChI is InChI=1S/C6H4.C4H10.C3H6O2/c1-2-6-4-3-5(1)6;1-4(2)3;1-2-3(4)5/h1-4H;4H,1-3H3;2H2,1H3,(H,4,5). The van der Waals surface area contributed by atoms with Crippen molar-refractivity contribution < 1.29 is 9.90 Å². The molecule has 0 aromatic carbocycles. The average Bonchev–Trinajstić information content (AvgIpc) is 2.11. The van der Waals surface area contributed by atoms with Crippen LogP contribution in [0, 0.1) is 16.4 Å². The fraction of sp³-hybridized carbons (Fsp3) is 0.462. The number of rotatable bonds is 1. The molecule has 2 nitrogen and oxygen atoms in total. The number of carbonyl (C=O) groups is 1. The third-order valence-corrected chi connectivity index (χ3v) is 1.52. The van der Waals surface area contributed by atoms with Crippen molar-refractivity contribution in [2.75, 3.05) is 0 Å². The monoisotopic (exact) mass is 208 g/mol. The van der Waals surface area contributed by atoms with Crippen LogP contribution in [0.2, 0.25) is 0 Å². The minimum atomic E-state index is -0.745. The fourth-order valence-electron chi connectivity index (χ4n) is 0.663. The normalized spacial score (nSPS) is 9.40. The van der Waals surface area contributed by atoms with Gasteiger partial charge in [0.25, 0.3) is 0 Å². The van der Waals surface area contributed by atoms with Crippen molar-refractivity contribution in [2.45, 2.75) is 34.1 Å². The molecule has 0 unspecified atom stereocenters. The second kappa shape index (κ2) is 7.04. The summed E-state index contributed by atoms with van der Waals surface area (Å²) < 4.78 is 0. The molecule has 84 valence electrons. The first-order valence-corrected chi connectivity index (χ1v) is 5.29. The van der Waals surface area contributed by atoms with Crippen LogP contribution >= 0.6 is 0 Å². The maximum atomic E-state index is 9.37. The van der Waals surface area contributed by atoms with E-state index in [2.05, 4.69) is 45.0 Å². The third-order valence-electron chi connectivity index (χ3n) is 1.52. The lowest BCUT2D eigenvalue weighted by atomic mass is 10.1. The topological polar surface area (TPSA) is 37.3 Å². The zero-order valence-corrected chi connectivity index (χ0v) is 9.95. The first-order valence-electron chi connectivity index (χ1n) is 5.29. The Hall–Kier alpha value is -1.31. The Labute approximate surface area is 91.3 Å². The summed E-state index contributed by atoms with van der Waals surface area (Å²) in [5.74, 6) is 0.0880. The number of carboxylic acid groups (broad SMARTS) is 1. The Morgan fingerprint density at radius 2 is 1.33 bits per heavy atom. The van der Waals surface area contributed by atoms with Gasteiger partial charge in [0.15, 0.2) is 0 Å². The van der Waals surface area contributed by atoms with E-state index in [0.29, 0.717) is 0 Å². The molecule has 1 N–H and O–H groups in total. The van der Waals surface area contributed by atoms with Gasteiger partial charge in [-0.3, -0.25) is 4.79 Å². The molecule has 2 aliphatic rings. The number of aliphatic carboxylic acids is 1. The van der Waals surface area contributed by atoms with Gasteiger partial charge in [0.1, 0.15) is 0 Å². The zero-order valence-electron chi connectivity index (χ0n) is 9.95. The molecular weight excluding hydrogens is 188 g/mol. The summed E-state index contributed by atoms with van der Waals surface area (Å²) in [5, 5.41) is 10.6. The van der Waals surface area contributed by atoms with Crippen molar-refractivity contribution in [3.05, 3.63) is 34.7 Å². The van der Waals surface area contributed by atoms with Gasteiger partial charge >= 0.3 is 5.97 Å². The first-order chi connectivity index (χ1) is 6.97. The van der Waals surface area contributed by atoms with Gasteiger partial charge in [-0.2, -0.15) is 0 Å². The molecule has 0 saturated heterocycles. The molecule has 15 heavy (non-hydrogen) atoms. The van der Waals surface area contributed by atoms with E-state index < -0.39 is 5.97 Å². The summed E-state index contributed by atoms with van der Waals surface area (Å²) in [6.07, 6.45) is 0.222. The maximum absolute atomic E-state index is 9.37. The molecule has 0 aliphatic heterocycles. The van der Waals surface area contributed by atoms with Gasteiger partial charge in [0, 0.05) is 6.42 Å². The molecule has 0 bridgehead atoms. The van der Waals surface area contributed by atoms with Gasteiger partial charge in [-0.25, -0.2) is 0 Å². The van der Waals surface area contributed by atoms with Crippen molar-refractivity contribution in [2.24, 2.45) is 5.92 Å². The summed E-state index contributed by atoms with van der Waals surface area (Å²) in [6, 6.07) is 8.48. The van der Waals surface area contributed by atoms with E-state index in [1.54, 1.807) is 6.92 Å². The van der Waals surface area contributed by atoms with E-state index >= 15 is 0 Å². The molecule has 0 heterocycles. The Kier molecular flexibility index (Phi) is 6.43. The highest BCUT2D eigenvalue weighted by molar-refractivity contribution is 5.66. The van der Waals surface area contributed by atoms with E-state index in [0.717, 1.165) is 5.92 Å². The Bertz CT molecular complexity index is 327. The Morgan fingerprint density at radius 3 is 1.33 bits per heavy atom. The zero-order chi connectivity index (χ0) is 11.8. The minimum absolute atomic E-state index is 0.222. The van der Waals surface area contributed by atoms with Crippen LogP contribution in [0.25, 0.3) is 0 Å². The molecule has 2 aliphatic carbocycles. The fourth-order valence-corrected chi connectivity index (χ4v) is 0.663. The average molecular weight is 208 g/mol. The molecule has 2 rings (SSSR count). The van der Waals surface area contributed by atoms with Crippen molar-refractivity contribution in [1.29, 1.82) is 0 Å². The molecule has 0 aromatic heterocycles. The van der Waals surface area contributed by atoms with E-state index in [9.17, 15) is 4.79 Å². The lowest BCUT2D eigenvalue weighted by Crippen LogP contribution is -1.86. The molecule has 0 saturated carbocycles. The summed E-state index contributed by atoms with van der Waals surface area (Å²) in [4.78, 5) is 9.37. The van der Waals surface area contributed by atoms with Gasteiger partial charge in [-0.15, -0.1) is 0 Å². The lowest BCUT2D eigenvalue weighted by molar-refractivity contribution is -0.136. The lowest BCUT2D eigenvalue weighted by Gasteiger charge is -1.95. The number of carboxylic acids is 1. The molecule has 0 fully saturated rings. The predicted octanol–water partition coefficient (Wildman–Crippen LogP) is 3.43. The van der Waals surface area contributed by atoms with Crippen LogP contribution in [0.1, 0.15) is 34.1 Å². The molecule has 2 heteroatoms. The van der Waals surface area contributed by atoms with Crippen LogP contribution in [0.5, 0.6) is 0 Å². The largest absolute Gasteiger partial charge is 0.481 e. The van der Waals surface area contributed by atoms with Crippen LogP contribution in [0.4, 0.5) is 0 Å². The third kappa shape index (κ3) is 6.72. The molecule has 0 atom stereocenters. The van der Waals surface area contributed by atoms with Crippen molar-refractivity contribution in [3.63, 3.8) is 0 Å². The molecule has 0 radical (unpaired) electrons. The van der Waals surface area contributed by atoms with Crippen LogP contribution < -0.4 is 0 Å². The SMILES string of the molecule is CC(C)C.CCC(=O)O.c1cc2ccc1=2. The van der Waals surface area contributed by atoms with Gasteiger partial charge in [0.2, 0.25) is 0 Å². The van der Waals surface area contributed by atoms with Gasteiger partial charge in [0.05, 0.1) is 0 Å². The second-order valence-corrected chi connectivity index (χ2v) is 4.06. The van der Waals surface area contributed by atoms with Crippen LogP contribution in [-0.2, 0) is 4.79 Å².